The number of aryl methyl sites for hydroxylation is 1. The number of rotatable bonds is 3. The van der Waals surface area contributed by atoms with Crippen molar-refractivity contribution in [2.24, 2.45) is 0 Å². The Balaban J connectivity index is 2.48. The van der Waals surface area contributed by atoms with Crippen molar-refractivity contribution in [1.29, 1.82) is 0 Å². The van der Waals surface area contributed by atoms with Gasteiger partial charge in [0.25, 0.3) is 0 Å². The Morgan fingerprint density at radius 2 is 1.94 bits per heavy atom. The van der Waals surface area contributed by atoms with Gasteiger partial charge in [-0.1, -0.05) is 37.3 Å². The highest BCUT2D eigenvalue weighted by Crippen LogP contribution is 2.26. The van der Waals surface area contributed by atoms with Gasteiger partial charge in [0.15, 0.2) is 5.78 Å². The van der Waals surface area contributed by atoms with Crippen LogP contribution in [0.2, 0.25) is 0 Å². The summed E-state index contributed by atoms with van der Waals surface area (Å²) in [6.07, 6.45) is 0.738. The summed E-state index contributed by atoms with van der Waals surface area (Å²) in [7, 11) is 0. The molecular formula is C14H14O2. The van der Waals surface area contributed by atoms with E-state index in [2.05, 4.69) is 0 Å². The Labute approximate surface area is 94.9 Å². The number of carbonyl (C=O) groups excluding carboxylic acids is 1. The summed E-state index contributed by atoms with van der Waals surface area (Å²) in [5, 5.41) is 0. The second-order valence-electron chi connectivity index (χ2n) is 3.72. The molecule has 1 aromatic carbocycles. The first kappa shape index (κ1) is 10.7. The number of carbonyl (C=O) groups is 1. The van der Waals surface area contributed by atoms with E-state index in [-0.39, 0.29) is 5.78 Å². The smallest absolute Gasteiger partial charge is 0.163 e. The number of benzene rings is 1. The van der Waals surface area contributed by atoms with E-state index in [9.17, 15) is 4.79 Å². The Hall–Kier alpha value is -1.83. The minimum absolute atomic E-state index is 0.0581. The van der Waals surface area contributed by atoms with E-state index in [1.807, 2.05) is 43.3 Å². The van der Waals surface area contributed by atoms with Gasteiger partial charge in [0.1, 0.15) is 11.5 Å². The number of furan rings is 1. The van der Waals surface area contributed by atoms with Crippen molar-refractivity contribution in [3.63, 3.8) is 0 Å². The van der Waals surface area contributed by atoms with Gasteiger partial charge in [-0.25, -0.2) is 0 Å². The molecule has 0 fully saturated rings. The predicted molar refractivity (Wildman–Crippen MR) is 63.5 cm³/mol. The molecule has 2 rings (SSSR count). The molecule has 0 unspecified atom stereocenters. The summed E-state index contributed by atoms with van der Waals surface area (Å²) in [6, 6.07) is 11.6. The van der Waals surface area contributed by atoms with Crippen LogP contribution >= 0.6 is 0 Å². The minimum atomic E-state index is 0.0581. The van der Waals surface area contributed by atoms with Crippen molar-refractivity contribution in [3.05, 3.63) is 47.7 Å². The molecule has 0 radical (unpaired) electrons. The number of hydrogen-bond acceptors (Lipinski definition) is 2. The third kappa shape index (κ3) is 1.91. The first-order valence-corrected chi connectivity index (χ1v) is 5.41. The van der Waals surface area contributed by atoms with Gasteiger partial charge in [-0.15, -0.1) is 0 Å². The zero-order valence-corrected chi connectivity index (χ0v) is 9.49. The molecule has 1 aromatic heterocycles. The molecule has 0 saturated carbocycles. The maximum absolute atomic E-state index is 11.4. The molecule has 0 saturated heterocycles. The lowest BCUT2D eigenvalue weighted by Crippen LogP contribution is -1.93. The van der Waals surface area contributed by atoms with Gasteiger partial charge in [-0.3, -0.25) is 4.79 Å². The van der Waals surface area contributed by atoms with Crippen LogP contribution in [0.3, 0.4) is 0 Å². The Morgan fingerprint density at radius 3 is 2.44 bits per heavy atom. The van der Waals surface area contributed by atoms with E-state index in [1.54, 1.807) is 6.92 Å². The first-order valence-electron chi connectivity index (χ1n) is 5.41. The van der Waals surface area contributed by atoms with Crippen molar-refractivity contribution in [1.82, 2.24) is 0 Å². The quantitative estimate of drug-likeness (QED) is 0.729. The maximum Gasteiger partial charge on any atom is 0.163 e. The molecule has 0 aliphatic carbocycles. The van der Waals surface area contributed by atoms with Crippen molar-refractivity contribution in [2.45, 2.75) is 20.3 Å². The molecule has 0 atom stereocenters. The number of hydrogen-bond donors (Lipinski definition) is 0. The molecule has 1 heterocycles. The zero-order chi connectivity index (χ0) is 11.5. The fourth-order valence-corrected chi connectivity index (χ4v) is 1.73. The molecule has 0 N–H and O–H groups in total. The first-order chi connectivity index (χ1) is 7.72. The Morgan fingerprint density at radius 1 is 1.25 bits per heavy atom. The monoisotopic (exact) mass is 214 g/mol. The van der Waals surface area contributed by atoms with Crippen LogP contribution in [0.15, 0.2) is 40.8 Å². The molecule has 2 aromatic rings. The summed E-state index contributed by atoms with van der Waals surface area (Å²) in [6.45, 7) is 3.55. The molecule has 0 amide bonds. The van der Waals surface area contributed by atoms with E-state index < -0.39 is 0 Å². The number of ketones is 1. The highest BCUT2D eigenvalue weighted by Gasteiger charge is 2.13. The standard InChI is InChI=1S/C14H14O2/c1-3-13-12(10(2)15)9-14(16-13)11-7-5-4-6-8-11/h4-9H,3H2,1-2H3. The van der Waals surface area contributed by atoms with Crippen LogP contribution in [0.4, 0.5) is 0 Å². The molecule has 0 bridgehead atoms. The van der Waals surface area contributed by atoms with Crippen LogP contribution in [-0.2, 0) is 6.42 Å². The van der Waals surface area contributed by atoms with Crippen molar-refractivity contribution in [3.8, 4) is 11.3 Å². The van der Waals surface area contributed by atoms with E-state index in [0.717, 1.165) is 23.5 Å². The third-order valence-electron chi connectivity index (χ3n) is 2.57. The van der Waals surface area contributed by atoms with Gasteiger partial charge >= 0.3 is 0 Å². The van der Waals surface area contributed by atoms with Gasteiger partial charge in [0.2, 0.25) is 0 Å². The van der Waals surface area contributed by atoms with Crippen molar-refractivity contribution >= 4 is 5.78 Å². The summed E-state index contributed by atoms with van der Waals surface area (Å²) < 4.78 is 5.69. The fraction of sp³-hybridized carbons (Fsp3) is 0.214. The fourth-order valence-electron chi connectivity index (χ4n) is 1.73. The van der Waals surface area contributed by atoms with Gasteiger partial charge in [-0.2, -0.15) is 0 Å². The highest BCUT2D eigenvalue weighted by molar-refractivity contribution is 5.96. The second kappa shape index (κ2) is 4.35. The van der Waals surface area contributed by atoms with Gasteiger partial charge in [0, 0.05) is 12.0 Å². The largest absolute Gasteiger partial charge is 0.460 e. The van der Waals surface area contributed by atoms with Gasteiger partial charge < -0.3 is 4.42 Å². The Bertz CT molecular complexity index is 495. The third-order valence-corrected chi connectivity index (χ3v) is 2.57. The van der Waals surface area contributed by atoms with Crippen LogP contribution in [-0.4, -0.2) is 5.78 Å². The van der Waals surface area contributed by atoms with E-state index in [0.29, 0.717) is 5.56 Å². The molecule has 2 heteroatoms. The lowest BCUT2D eigenvalue weighted by molar-refractivity contribution is 0.101. The average Bonchev–Trinajstić information content (AvgIpc) is 2.74. The molecule has 0 aliphatic rings. The van der Waals surface area contributed by atoms with E-state index >= 15 is 0 Å². The SMILES string of the molecule is CCc1oc(-c2ccccc2)cc1C(C)=O. The zero-order valence-electron chi connectivity index (χ0n) is 9.49. The predicted octanol–water partition coefficient (Wildman–Crippen LogP) is 3.71. The van der Waals surface area contributed by atoms with E-state index in [1.165, 1.54) is 0 Å². The minimum Gasteiger partial charge on any atom is -0.460 e. The molecule has 16 heavy (non-hydrogen) atoms. The van der Waals surface area contributed by atoms with Crippen LogP contribution < -0.4 is 0 Å². The van der Waals surface area contributed by atoms with Gasteiger partial charge in [-0.05, 0) is 13.0 Å². The molecular weight excluding hydrogens is 200 g/mol. The van der Waals surface area contributed by atoms with Crippen molar-refractivity contribution in [2.75, 3.05) is 0 Å². The molecule has 0 aliphatic heterocycles. The van der Waals surface area contributed by atoms with Gasteiger partial charge in [0.05, 0.1) is 5.56 Å². The highest BCUT2D eigenvalue weighted by atomic mass is 16.3. The van der Waals surface area contributed by atoms with Crippen LogP contribution in [0.5, 0.6) is 0 Å². The summed E-state index contributed by atoms with van der Waals surface area (Å²) in [5.74, 6) is 1.59. The summed E-state index contributed by atoms with van der Waals surface area (Å²) >= 11 is 0. The number of Topliss-reactive ketones (excluding diaryl/α,β-unsaturated/α-hetero) is 1. The van der Waals surface area contributed by atoms with Crippen LogP contribution in [0.25, 0.3) is 11.3 Å². The summed E-state index contributed by atoms with van der Waals surface area (Å²) in [4.78, 5) is 11.4. The maximum atomic E-state index is 11.4. The van der Waals surface area contributed by atoms with Crippen molar-refractivity contribution < 1.29 is 9.21 Å². The van der Waals surface area contributed by atoms with Crippen LogP contribution in [0, 0.1) is 0 Å². The summed E-state index contributed by atoms with van der Waals surface area (Å²) in [5.41, 5.74) is 1.70. The normalized spacial score (nSPS) is 10.4. The molecule has 2 nitrogen and oxygen atoms in total. The average molecular weight is 214 g/mol. The topological polar surface area (TPSA) is 30.2 Å². The lowest BCUT2D eigenvalue weighted by atomic mass is 10.1. The molecule has 0 spiro atoms. The second-order valence-corrected chi connectivity index (χ2v) is 3.72. The van der Waals surface area contributed by atoms with Crippen LogP contribution in [0.1, 0.15) is 30.0 Å². The molecule has 82 valence electrons. The lowest BCUT2D eigenvalue weighted by Gasteiger charge is -1.94. The Kier molecular flexibility index (Phi) is 2.91. The van der Waals surface area contributed by atoms with E-state index in [4.69, 9.17) is 4.42 Å².